The van der Waals surface area contributed by atoms with Crippen LogP contribution in [0.5, 0.6) is 5.75 Å². The zero-order chi connectivity index (χ0) is 19.1. The van der Waals surface area contributed by atoms with Crippen LogP contribution in [-0.2, 0) is 0 Å². The van der Waals surface area contributed by atoms with Gasteiger partial charge in [-0.1, -0.05) is 12.1 Å². The molecule has 0 spiro atoms. The van der Waals surface area contributed by atoms with Crippen LogP contribution in [0.3, 0.4) is 0 Å². The van der Waals surface area contributed by atoms with E-state index in [2.05, 4.69) is 24.9 Å². The van der Waals surface area contributed by atoms with Crippen LogP contribution in [0.1, 0.15) is 30.3 Å². The Kier molecular flexibility index (Phi) is 4.11. The molecule has 0 atom stereocenters. The highest BCUT2D eigenvalue weighted by Crippen LogP contribution is 2.39. The van der Waals surface area contributed by atoms with Crippen LogP contribution in [0.25, 0.3) is 11.4 Å². The van der Waals surface area contributed by atoms with Crippen molar-refractivity contribution >= 4 is 11.8 Å². The number of phenols is 1. The minimum atomic E-state index is 0.187. The normalized spacial score (nSPS) is 17.2. The van der Waals surface area contributed by atoms with Gasteiger partial charge in [0.2, 0.25) is 5.89 Å². The fourth-order valence-corrected chi connectivity index (χ4v) is 3.48. The number of anilines is 2. The second-order valence-corrected chi connectivity index (χ2v) is 7.39. The van der Waals surface area contributed by atoms with Gasteiger partial charge in [-0.15, -0.1) is 0 Å². The quantitative estimate of drug-likeness (QED) is 0.741. The van der Waals surface area contributed by atoms with Gasteiger partial charge in [0, 0.05) is 43.9 Å². The van der Waals surface area contributed by atoms with E-state index in [-0.39, 0.29) is 5.75 Å². The van der Waals surface area contributed by atoms with Crippen molar-refractivity contribution in [2.24, 2.45) is 0 Å². The van der Waals surface area contributed by atoms with Crippen molar-refractivity contribution in [1.29, 1.82) is 0 Å². The lowest BCUT2D eigenvalue weighted by molar-refractivity contribution is 0.378. The summed E-state index contributed by atoms with van der Waals surface area (Å²) in [6.45, 7) is 5.18. The molecule has 0 unspecified atom stereocenters. The molecule has 0 radical (unpaired) electrons. The summed E-state index contributed by atoms with van der Waals surface area (Å²) in [5.74, 6) is 3.54. The topological polar surface area (TPSA) is 91.4 Å². The van der Waals surface area contributed by atoms with Crippen molar-refractivity contribution in [2.45, 2.75) is 25.7 Å². The molecule has 8 heteroatoms. The van der Waals surface area contributed by atoms with Gasteiger partial charge in [-0.05, 0) is 37.1 Å². The minimum Gasteiger partial charge on any atom is -0.507 e. The molecule has 0 bridgehead atoms. The summed E-state index contributed by atoms with van der Waals surface area (Å²) in [7, 11) is 0. The Bertz CT molecular complexity index is 992. The molecule has 1 saturated heterocycles. The number of rotatable bonds is 4. The molecule has 2 aromatic heterocycles. The van der Waals surface area contributed by atoms with Gasteiger partial charge in [-0.3, -0.25) is 0 Å². The Morgan fingerprint density at radius 3 is 2.50 bits per heavy atom. The smallest absolute Gasteiger partial charge is 0.266 e. The number of phenolic OH excluding ortho intramolecular Hbond substituents is 1. The Labute approximate surface area is 162 Å². The zero-order valence-electron chi connectivity index (χ0n) is 15.7. The number of hydrogen-bond acceptors (Lipinski definition) is 8. The van der Waals surface area contributed by atoms with Crippen molar-refractivity contribution in [3.8, 4) is 17.1 Å². The monoisotopic (exact) mass is 378 g/mol. The largest absolute Gasteiger partial charge is 0.507 e. The van der Waals surface area contributed by atoms with E-state index in [0.717, 1.165) is 56.4 Å². The first kappa shape index (κ1) is 17.0. The maximum Gasteiger partial charge on any atom is 0.266 e. The van der Waals surface area contributed by atoms with E-state index in [4.69, 9.17) is 9.51 Å². The molecule has 0 amide bonds. The van der Waals surface area contributed by atoms with Gasteiger partial charge in [0.15, 0.2) is 5.82 Å². The predicted molar refractivity (Wildman–Crippen MR) is 105 cm³/mol. The summed E-state index contributed by atoms with van der Waals surface area (Å²) in [4.78, 5) is 18.2. The third-order valence-electron chi connectivity index (χ3n) is 5.23. The average Bonchev–Trinajstić information content (AvgIpc) is 3.45. The summed E-state index contributed by atoms with van der Waals surface area (Å²) in [6, 6.07) is 9.14. The van der Waals surface area contributed by atoms with Crippen LogP contribution in [0.2, 0.25) is 0 Å². The highest BCUT2D eigenvalue weighted by molar-refractivity contribution is 5.65. The van der Waals surface area contributed by atoms with Crippen LogP contribution in [0, 0.1) is 6.92 Å². The number of nitrogens with zero attached hydrogens (tertiary/aromatic N) is 6. The minimum absolute atomic E-state index is 0.187. The number of hydrogen-bond donors (Lipinski definition) is 1. The molecule has 1 N–H and O–H groups in total. The van der Waals surface area contributed by atoms with Crippen molar-refractivity contribution in [3.63, 3.8) is 0 Å². The van der Waals surface area contributed by atoms with E-state index in [1.165, 1.54) is 0 Å². The van der Waals surface area contributed by atoms with Crippen molar-refractivity contribution < 1.29 is 9.63 Å². The second kappa shape index (κ2) is 6.78. The number of piperazine rings is 1. The summed E-state index contributed by atoms with van der Waals surface area (Å²) >= 11 is 0. The lowest BCUT2D eigenvalue weighted by Gasteiger charge is -2.34. The molecular weight excluding hydrogens is 356 g/mol. The molecule has 2 aliphatic rings. The molecule has 1 aliphatic heterocycles. The highest BCUT2D eigenvalue weighted by atomic mass is 16.5. The highest BCUT2D eigenvalue weighted by Gasteiger charge is 2.31. The lowest BCUT2D eigenvalue weighted by Crippen LogP contribution is -2.47. The van der Waals surface area contributed by atoms with Crippen molar-refractivity contribution in [3.05, 3.63) is 41.9 Å². The van der Waals surface area contributed by atoms with Gasteiger partial charge in [0.1, 0.15) is 11.6 Å². The van der Waals surface area contributed by atoms with Crippen LogP contribution in [0.4, 0.5) is 11.8 Å². The maximum absolute atomic E-state index is 10.1. The lowest BCUT2D eigenvalue weighted by atomic mass is 10.2. The van der Waals surface area contributed by atoms with E-state index < -0.39 is 0 Å². The van der Waals surface area contributed by atoms with Gasteiger partial charge in [-0.25, -0.2) is 9.97 Å². The molecule has 144 valence electrons. The maximum atomic E-state index is 10.1. The number of benzene rings is 1. The van der Waals surface area contributed by atoms with Gasteiger partial charge in [-0.2, -0.15) is 4.98 Å². The van der Waals surface area contributed by atoms with Crippen LogP contribution in [0.15, 0.2) is 34.9 Å². The number of para-hydroxylation sites is 1. The first-order valence-corrected chi connectivity index (χ1v) is 9.65. The molecular formula is C20H22N6O2. The molecule has 3 aromatic rings. The van der Waals surface area contributed by atoms with Crippen molar-refractivity contribution in [2.75, 3.05) is 36.0 Å². The van der Waals surface area contributed by atoms with Crippen LogP contribution < -0.4 is 9.80 Å². The molecule has 28 heavy (non-hydrogen) atoms. The first-order chi connectivity index (χ1) is 13.7. The van der Waals surface area contributed by atoms with E-state index >= 15 is 0 Å². The molecule has 1 aliphatic carbocycles. The zero-order valence-corrected chi connectivity index (χ0v) is 15.7. The van der Waals surface area contributed by atoms with Gasteiger partial charge in [0.05, 0.1) is 5.56 Å². The number of aromatic hydroxyl groups is 1. The Morgan fingerprint density at radius 2 is 1.75 bits per heavy atom. The van der Waals surface area contributed by atoms with Gasteiger partial charge in [0.25, 0.3) is 5.95 Å². The summed E-state index contributed by atoms with van der Waals surface area (Å²) < 4.78 is 5.38. The van der Waals surface area contributed by atoms with E-state index in [1.54, 1.807) is 12.1 Å². The van der Waals surface area contributed by atoms with Crippen molar-refractivity contribution in [1.82, 2.24) is 20.1 Å². The van der Waals surface area contributed by atoms with E-state index in [9.17, 15) is 5.11 Å². The average molecular weight is 378 g/mol. The summed E-state index contributed by atoms with van der Waals surface area (Å²) in [5, 5.41) is 14.3. The van der Waals surface area contributed by atoms with Gasteiger partial charge < -0.3 is 19.4 Å². The number of aryl methyl sites for hydroxylation is 1. The second-order valence-electron chi connectivity index (χ2n) is 7.39. The Balaban J connectivity index is 1.32. The molecule has 5 rings (SSSR count). The molecule has 2 fully saturated rings. The Hall–Kier alpha value is -3.16. The fourth-order valence-electron chi connectivity index (χ4n) is 3.48. The third-order valence-corrected chi connectivity index (χ3v) is 5.23. The molecule has 1 saturated carbocycles. The van der Waals surface area contributed by atoms with Crippen LogP contribution >= 0.6 is 0 Å². The number of aromatic nitrogens is 4. The molecule has 1 aromatic carbocycles. The SMILES string of the molecule is Cc1cc(N2CCN(c3noc(C4CC4)n3)CC2)nc(-c2ccccc2O)n1. The van der Waals surface area contributed by atoms with Crippen LogP contribution in [-0.4, -0.2) is 51.4 Å². The third kappa shape index (κ3) is 3.26. The Morgan fingerprint density at radius 1 is 1.00 bits per heavy atom. The summed E-state index contributed by atoms with van der Waals surface area (Å²) in [6.07, 6.45) is 2.31. The predicted octanol–water partition coefficient (Wildman–Crippen LogP) is 2.74. The fraction of sp³-hybridized carbons (Fsp3) is 0.400. The van der Waals surface area contributed by atoms with E-state index in [1.807, 2.05) is 25.1 Å². The first-order valence-electron chi connectivity index (χ1n) is 9.65. The molecule has 8 nitrogen and oxygen atoms in total. The standard InChI is InChI=1S/C20H22N6O2/c1-13-12-17(22-18(21-13)15-4-2-3-5-16(15)27)25-8-10-26(11-9-25)20-23-19(28-24-20)14-6-7-14/h2-5,12,14,27H,6-11H2,1H3. The molecule has 3 heterocycles. The van der Waals surface area contributed by atoms with E-state index in [0.29, 0.717) is 23.3 Å². The van der Waals surface area contributed by atoms with Gasteiger partial charge >= 0.3 is 0 Å². The summed E-state index contributed by atoms with van der Waals surface area (Å²) in [5.41, 5.74) is 1.52.